The number of aromatic nitrogens is 3. The fraction of sp³-hybridized carbons (Fsp3) is 0.438. The summed E-state index contributed by atoms with van der Waals surface area (Å²) in [5.41, 5.74) is 3.66. The van der Waals surface area contributed by atoms with Crippen LogP contribution in [0.3, 0.4) is 0 Å². The zero-order valence-electron chi connectivity index (χ0n) is 12.2. The van der Waals surface area contributed by atoms with Gasteiger partial charge in [-0.3, -0.25) is 4.90 Å². The number of rotatable bonds is 4. The zero-order chi connectivity index (χ0) is 14.7. The van der Waals surface area contributed by atoms with Crippen LogP contribution >= 0.6 is 11.6 Å². The third kappa shape index (κ3) is 3.57. The predicted molar refractivity (Wildman–Crippen MR) is 83.1 cm³/mol. The first kappa shape index (κ1) is 14.4. The number of nitrogens with zero attached hydrogens (tertiary/aromatic N) is 4. The number of aryl methyl sites for hydroxylation is 1. The molecule has 21 heavy (non-hydrogen) atoms. The number of hydrogen-bond donors (Lipinski definition) is 0. The maximum Gasteiger partial charge on any atom is 0.129 e. The fourth-order valence-corrected chi connectivity index (χ4v) is 2.76. The van der Waals surface area contributed by atoms with Crippen LogP contribution in [0.2, 0.25) is 5.15 Å². The molecule has 1 aliphatic rings. The number of pyridine rings is 1. The van der Waals surface area contributed by atoms with E-state index in [4.69, 9.17) is 11.6 Å². The van der Waals surface area contributed by atoms with Crippen LogP contribution in [0.5, 0.6) is 0 Å². The van der Waals surface area contributed by atoms with E-state index in [1.165, 1.54) is 16.8 Å². The molecule has 2 aromatic heterocycles. The second-order valence-electron chi connectivity index (χ2n) is 5.46. The van der Waals surface area contributed by atoms with E-state index < -0.39 is 0 Å². The van der Waals surface area contributed by atoms with Gasteiger partial charge < -0.3 is 0 Å². The van der Waals surface area contributed by atoms with Gasteiger partial charge in [-0.15, -0.1) is 0 Å². The normalized spacial score (nSPS) is 15.0. The van der Waals surface area contributed by atoms with E-state index in [1.54, 1.807) is 0 Å². The van der Waals surface area contributed by atoms with Crippen molar-refractivity contribution in [2.24, 2.45) is 0 Å². The van der Waals surface area contributed by atoms with E-state index in [0.717, 1.165) is 44.7 Å². The summed E-state index contributed by atoms with van der Waals surface area (Å²) in [6.45, 7) is 4.98. The molecule has 2 aromatic rings. The van der Waals surface area contributed by atoms with Crippen LogP contribution in [0.25, 0.3) is 0 Å². The average molecular weight is 303 g/mol. The van der Waals surface area contributed by atoms with Gasteiger partial charge in [-0.25, -0.2) is 15.0 Å². The molecule has 3 rings (SSSR count). The molecule has 0 radical (unpaired) electrons. The van der Waals surface area contributed by atoms with E-state index in [0.29, 0.717) is 5.15 Å². The molecule has 0 saturated carbocycles. The molecule has 3 heterocycles. The Balaban J connectivity index is 1.68. The van der Waals surface area contributed by atoms with Gasteiger partial charge in [0.25, 0.3) is 0 Å². The van der Waals surface area contributed by atoms with E-state index in [9.17, 15) is 0 Å². The molecule has 0 fully saturated rings. The van der Waals surface area contributed by atoms with E-state index in [1.807, 2.05) is 24.5 Å². The molecule has 0 aromatic carbocycles. The van der Waals surface area contributed by atoms with Crippen molar-refractivity contribution in [3.8, 4) is 0 Å². The molecule has 0 N–H and O–H groups in total. The minimum atomic E-state index is 0.541. The summed E-state index contributed by atoms with van der Waals surface area (Å²) in [4.78, 5) is 15.7. The average Bonchev–Trinajstić information content (AvgIpc) is 2.50. The van der Waals surface area contributed by atoms with Crippen LogP contribution < -0.4 is 0 Å². The van der Waals surface area contributed by atoms with Crippen LogP contribution in [-0.2, 0) is 25.9 Å². The van der Waals surface area contributed by atoms with Crippen LogP contribution in [-0.4, -0.2) is 26.4 Å². The van der Waals surface area contributed by atoms with Gasteiger partial charge in [0, 0.05) is 56.1 Å². The minimum Gasteiger partial charge on any atom is -0.294 e. The molecule has 1 aliphatic heterocycles. The van der Waals surface area contributed by atoms with Crippen molar-refractivity contribution in [2.45, 2.75) is 39.3 Å². The Morgan fingerprint density at radius 2 is 2.14 bits per heavy atom. The largest absolute Gasteiger partial charge is 0.294 e. The molecule has 110 valence electrons. The van der Waals surface area contributed by atoms with Gasteiger partial charge in [0.1, 0.15) is 11.0 Å². The Hall–Kier alpha value is -1.52. The molecule has 5 heteroatoms. The highest BCUT2D eigenvalue weighted by Crippen LogP contribution is 2.19. The summed E-state index contributed by atoms with van der Waals surface area (Å²) in [6.07, 6.45) is 6.90. The molecule has 0 spiro atoms. The van der Waals surface area contributed by atoms with E-state index in [-0.39, 0.29) is 0 Å². The quantitative estimate of drug-likeness (QED) is 0.814. The molecule has 4 nitrogen and oxygen atoms in total. The molecular formula is C16H19ClN4. The van der Waals surface area contributed by atoms with Crippen molar-refractivity contribution in [1.82, 2.24) is 19.9 Å². The molecule has 0 saturated heterocycles. The number of halogens is 1. The Bertz CT molecular complexity index is 612. The monoisotopic (exact) mass is 302 g/mol. The highest BCUT2D eigenvalue weighted by molar-refractivity contribution is 6.29. The van der Waals surface area contributed by atoms with Crippen LogP contribution in [0.4, 0.5) is 0 Å². The Kier molecular flexibility index (Phi) is 4.46. The van der Waals surface area contributed by atoms with Gasteiger partial charge >= 0.3 is 0 Å². The van der Waals surface area contributed by atoms with Crippen molar-refractivity contribution < 1.29 is 0 Å². The first-order valence-electron chi connectivity index (χ1n) is 7.41. The third-order valence-electron chi connectivity index (χ3n) is 3.73. The third-order valence-corrected chi connectivity index (χ3v) is 3.95. The highest BCUT2D eigenvalue weighted by atomic mass is 35.5. The lowest BCUT2D eigenvalue weighted by Crippen LogP contribution is -2.31. The first-order chi connectivity index (χ1) is 10.2. The topological polar surface area (TPSA) is 41.9 Å². The molecular weight excluding hydrogens is 284 g/mol. The maximum absolute atomic E-state index is 5.82. The minimum absolute atomic E-state index is 0.541. The van der Waals surface area contributed by atoms with Crippen LogP contribution in [0.1, 0.15) is 36.0 Å². The van der Waals surface area contributed by atoms with Gasteiger partial charge in [-0.05, 0) is 18.1 Å². The standard InChI is InChI=1S/C16H19ClN4/c1-2-3-16-19-9-13-11-21(7-6-14(13)20-16)10-12-4-5-15(17)18-8-12/h4-5,8-9H,2-3,6-7,10-11H2,1H3. The number of hydrogen-bond acceptors (Lipinski definition) is 4. The zero-order valence-corrected chi connectivity index (χ0v) is 13.0. The van der Waals surface area contributed by atoms with E-state index >= 15 is 0 Å². The highest BCUT2D eigenvalue weighted by Gasteiger charge is 2.18. The second kappa shape index (κ2) is 6.50. The van der Waals surface area contributed by atoms with Crippen molar-refractivity contribution in [2.75, 3.05) is 6.54 Å². The maximum atomic E-state index is 5.82. The summed E-state index contributed by atoms with van der Waals surface area (Å²) in [7, 11) is 0. The summed E-state index contributed by atoms with van der Waals surface area (Å²) in [5, 5.41) is 0.541. The summed E-state index contributed by atoms with van der Waals surface area (Å²) in [5.74, 6) is 0.978. The molecule has 0 atom stereocenters. The second-order valence-corrected chi connectivity index (χ2v) is 5.85. The van der Waals surface area contributed by atoms with E-state index in [2.05, 4.69) is 26.8 Å². The van der Waals surface area contributed by atoms with Gasteiger partial charge in [0.05, 0.1) is 0 Å². The predicted octanol–water partition coefficient (Wildman–Crippen LogP) is 3.04. The lowest BCUT2D eigenvalue weighted by atomic mass is 10.1. The SMILES string of the molecule is CCCc1ncc2c(n1)CCN(Cc1ccc(Cl)nc1)C2. The van der Waals surface area contributed by atoms with Crippen LogP contribution in [0.15, 0.2) is 24.5 Å². The molecule has 0 amide bonds. The van der Waals surface area contributed by atoms with Crippen molar-refractivity contribution in [3.63, 3.8) is 0 Å². The fourth-order valence-electron chi connectivity index (χ4n) is 2.65. The van der Waals surface area contributed by atoms with Gasteiger partial charge in [0.15, 0.2) is 0 Å². The molecule has 0 unspecified atom stereocenters. The summed E-state index contributed by atoms with van der Waals surface area (Å²) >= 11 is 5.82. The van der Waals surface area contributed by atoms with Gasteiger partial charge in [-0.2, -0.15) is 0 Å². The van der Waals surface area contributed by atoms with Gasteiger partial charge in [0.2, 0.25) is 0 Å². The van der Waals surface area contributed by atoms with Crippen LogP contribution in [0, 0.1) is 0 Å². The Morgan fingerprint density at radius 3 is 2.90 bits per heavy atom. The number of fused-ring (bicyclic) bond motifs is 1. The first-order valence-corrected chi connectivity index (χ1v) is 7.79. The van der Waals surface area contributed by atoms with Crippen molar-refractivity contribution in [3.05, 3.63) is 52.3 Å². The van der Waals surface area contributed by atoms with Crippen molar-refractivity contribution in [1.29, 1.82) is 0 Å². The lowest BCUT2D eigenvalue weighted by molar-refractivity contribution is 0.242. The molecule has 0 aliphatic carbocycles. The lowest BCUT2D eigenvalue weighted by Gasteiger charge is -2.28. The van der Waals surface area contributed by atoms with Crippen molar-refractivity contribution >= 4 is 11.6 Å². The molecule has 0 bridgehead atoms. The summed E-state index contributed by atoms with van der Waals surface area (Å²) in [6, 6.07) is 3.88. The smallest absolute Gasteiger partial charge is 0.129 e. The Labute approximate surface area is 130 Å². The van der Waals surface area contributed by atoms with Gasteiger partial charge in [-0.1, -0.05) is 24.6 Å². The summed E-state index contributed by atoms with van der Waals surface area (Å²) < 4.78 is 0. The Morgan fingerprint density at radius 1 is 1.24 bits per heavy atom.